The number of hydrogen-bond acceptors (Lipinski definition) is 2. The molecule has 0 N–H and O–H groups in total. The first-order valence-electron chi connectivity index (χ1n) is 7.95. The molecule has 3 nitrogen and oxygen atoms in total. The summed E-state index contributed by atoms with van der Waals surface area (Å²) in [5, 5.41) is 3.79. The summed E-state index contributed by atoms with van der Waals surface area (Å²) < 4.78 is 46.3. The Labute approximate surface area is 149 Å². The molecule has 0 aliphatic carbocycles. The van der Waals surface area contributed by atoms with Gasteiger partial charge >= 0.3 is 6.18 Å². The van der Waals surface area contributed by atoms with Gasteiger partial charge in [-0.3, -0.25) is 0 Å². The summed E-state index contributed by atoms with van der Waals surface area (Å²) in [5.74, 6) is 0.662. The van der Waals surface area contributed by atoms with E-state index in [-0.39, 0.29) is 0 Å². The lowest BCUT2D eigenvalue weighted by atomic mass is 10.0. The Hall–Kier alpha value is -3.02. The van der Waals surface area contributed by atoms with Crippen LogP contribution >= 0.6 is 0 Å². The molecular weight excluding hydrogens is 341 g/mol. The van der Waals surface area contributed by atoms with Crippen molar-refractivity contribution in [2.75, 3.05) is 7.11 Å². The van der Waals surface area contributed by atoms with Crippen molar-refractivity contribution in [3.8, 4) is 22.7 Å². The summed E-state index contributed by atoms with van der Waals surface area (Å²) >= 11 is 0. The Bertz CT molecular complexity index is 915. The lowest BCUT2D eigenvalue weighted by Crippen LogP contribution is -2.07. The van der Waals surface area contributed by atoms with Gasteiger partial charge in [0.1, 0.15) is 5.75 Å². The molecule has 3 aromatic rings. The van der Waals surface area contributed by atoms with E-state index in [0.717, 1.165) is 11.6 Å². The zero-order valence-corrected chi connectivity index (χ0v) is 14.1. The number of allylic oxidation sites excluding steroid dienone is 1. The number of aromatic nitrogens is 2. The van der Waals surface area contributed by atoms with Gasteiger partial charge in [0.05, 0.1) is 18.5 Å². The summed E-state index contributed by atoms with van der Waals surface area (Å²) in [6, 6.07) is 15.1. The van der Waals surface area contributed by atoms with Gasteiger partial charge in [-0.05, 0) is 48.4 Å². The molecule has 3 rings (SSSR count). The average Bonchev–Trinajstić information content (AvgIpc) is 3.08. The van der Waals surface area contributed by atoms with Crippen molar-refractivity contribution in [1.29, 1.82) is 0 Å². The third-order valence-corrected chi connectivity index (χ3v) is 3.94. The smallest absolute Gasteiger partial charge is 0.435 e. The van der Waals surface area contributed by atoms with Gasteiger partial charge in [-0.25, -0.2) is 4.68 Å². The molecule has 26 heavy (non-hydrogen) atoms. The fourth-order valence-corrected chi connectivity index (χ4v) is 2.74. The Kier molecular flexibility index (Phi) is 4.84. The highest BCUT2D eigenvalue weighted by Crippen LogP contribution is 2.34. The van der Waals surface area contributed by atoms with E-state index < -0.39 is 11.9 Å². The molecule has 0 fully saturated rings. The van der Waals surface area contributed by atoms with Gasteiger partial charge in [0.2, 0.25) is 0 Å². The fraction of sp³-hybridized carbons (Fsp3) is 0.150. The third-order valence-electron chi connectivity index (χ3n) is 3.94. The van der Waals surface area contributed by atoms with E-state index in [1.807, 2.05) is 0 Å². The topological polar surface area (TPSA) is 27.1 Å². The van der Waals surface area contributed by atoms with Gasteiger partial charge in [0.25, 0.3) is 0 Å². The van der Waals surface area contributed by atoms with Crippen LogP contribution < -0.4 is 4.74 Å². The third kappa shape index (κ3) is 3.49. The number of ether oxygens (including phenoxy) is 1. The maximum Gasteiger partial charge on any atom is 0.435 e. The van der Waals surface area contributed by atoms with Crippen LogP contribution in [0.2, 0.25) is 0 Å². The molecule has 1 aromatic heterocycles. The van der Waals surface area contributed by atoms with Crippen LogP contribution in [-0.4, -0.2) is 16.9 Å². The molecule has 2 aromatic carbocycles. The number of alkyl halides is 3. The van der Waals surface area contributed by atoms with E-state index in [4.69, 9.17) is 4.74 Å². The summed E-state index contributed by atoms with van der Waals surface area (Å²) in [7, 11) is 1.55. The van der Waals surface area contributed by atoms with Crippen molar-refractivity contribution in [2.24, 2.45) is 0 Å². The maximum absolute atomic E-state index is 13.2. The first-order chi connectivity index (χ1) is 12.4. The quantitative estimate of drug-likeness (QED) is 0.579. The predicted octanol–water partition coefficient (Wildman–Crippen LogP) is 5.30. The number of methoxy groups -OCH3 is 1. The molecule has 0 aliphatic heterocycles. The highest BCUT2D eigenvalue weighted by Gasteiger charge is 2.35. The van der Waals surface area contributed by atoms with Crippen molar-refractivity contribution in [1.82, 2.24) is 9.78 Å². The second-order valence-electron chi connectivity index (χ2n) is 5.68. The van der Waals surface area contributed by atoms with E-state index >= 15 is 0 Å². The maximum atomic E-state index is 13.2. The lowest BCUT2D eigenvalue weighted by molar-refractivity contribution is -0.141. The first kappa shape index (κ1) is 17.8. The average molecular weight is 358 g/mol. The van der Waals surface area contributed by atoms with Crippen molar-refractivity contribution >= 4 is 0 Å². The minimum absolute atomic E-state index is 0.358. The fourth-order valence-electron chi connectivity index (χ4n) is 2.74. The largest absolute Gasteiger partial charge is 0.496 e. The molecule has 0 amide bonds. The van der Waals surface area contributed by atoms with Crippen LogP contribution in [0.1, 0.15) is 11.3 Å². The molecule has 0 spiro atoms. The Morgan fingerprint density at radius 1 is 1.12 bits per heavy atom. The van der Waals surface area contributed by atoms with Gasteiger partial charge in [-0.15, -0.1) is 6.58 Å². The number of hydrogen-bond donors (Lipinski definition) is 0. The number of rotatable bonds is 5. The Balaban J connectivity index is 2.19. The molecule has 6 heteroatoms. The normalized spacial score (nSPS) is 11.4. The number of para-hydroxylation sites is 1. The van der Waals surface area contributed by atoms with E-state index in [1.54, 1.807) is 61.7 Å². The van der Waals surface area contributed by atoms with Gasteiger partial charge in [0, 0.05) is 5.56 Å². The van der Waals surface area contributed by atoms with Crippen LogP contribution in [0.3, 0.4) is 0 Å². The minimum atomic E-state index is -4.52. The van der Waals surface area contributed by atoms with E-state index in [2.05, 4.69) is 11.7 Å². The summed E-state index contributed by atoms with van der Waals surface area (Å²) in [6.45, 7) is 3.71. The lowest BCUT2D eigenvalue weighted by Gasteiger charge is -2.11. The molecule has 0 unspecified atom stereocenters. The number of halogens is 3. The Morgan fingerprint density at radius 2 is 1.85 bits per heavy atom. The molecule has 134 valence electrons. The standard InChI is InChI=1S/C20H17F3N2O/c1-3-7-15-12-14(10-11-18(15)26-2)17-13-19(20(21,22)23)24-25(17)16-8-5-4-6-9-16/h3-6,8-13H,1,7H2,2H3. The highest BCUT2D eigenvalue weighted by atomic mass is 19.4. The highest BCUT2D eigenvalue weighted by molar-refractivity contribution is 5.65. The van der Waals surface area contributed by atoms with Crippen molar-refractivity contribution in [3.05, 3.63) is 78.5 Å². The van der Waals surface area contributed by atoms with E-state index in [1.165, 1.54) is 4.68 Å². The molecule has 0 saturated heterocycles. The van der Waals surface area contributed by atoms with Crippen LogP contribution in [-0.2, 0) is 12.6 Å². The molecule has 0 saturated carbocycles. The second kappa shape index (κ2) is 7.07. The van der Waals surface area contributed by atoms with Crippen molar-refractivity contribution in [3.63, 3.8) is 0 Å². The minimum Gasteiger partial charge on any atom is -0.496 e. The SMILES string of the molecule is C=CCc1cc(-c2cc(C(F)(F)F)nn2-c2ccccc2)ccc1OC. The summed E-state index contributed by atoms with van der Waals surface area (Å²) in [4.78, 5) is 0. The van der Waals surface area contributed by atoms with Gasteiger partial charge in [-0.2, -0.15) is 18.3 Å². The number of benzene rings is 2. The van der Waals surface area contributed by atoms with Crippen LogP contribution in [0, 0.1) is 0 Å². The summed E-state index contributed by atoms with van der Waals surface area (Å²) in [5.41, 5.74) is 1.44. The van der Waals surface area contributed by atoms with Crippen LogP contribution in [0.15, 0.2) is 67.3 Å². The molecule has 0 radical (unpaired) electrons. The second-order valence-corrected chi connectivity index (χ2v) is 5.68. The van der Waals surface area contributed by atoms with Crippen LogP contribution in [0.5, 0.6) is 5.75 Å². The first-order valence-corrected chi connectivity index (χ1v) is 7.95. The molecule has 0 atom stereocenters. The Morgan fingerprint density at radius 3 is 2.46 bits per heavy atom. The van der Waals surface area contributed by atoms with Gasteiger partial charge < -0.3 is 4.74 Å². The van der Waals surface area contributed by atoms with Crippen molar-refractivity contribution < 1.29 is 17.9 Å². The monoisotopic (exact) mass is 358 g/mol. The van der Waals surface area contributed by atoms with Crippen molar-refractivity contribution in [2.45, 2.75) is 12.6 Å². The predicted molar refractivity (Wildman–Crippen MR) is 94.5 cm³/mol. The van der Waals surface area contributed by atoms with E-state index in [0.29, 0.717) is 29.1 Å². The zero-order chi connectivity index (χ0) is 18.7. The summed E-state index contributed by atoms with van der Waals surface area (Å²) in [6.07, 6.45) is -2.26. The van der Waals surface area contributed by atoms with Gasteiger partial charge in [-0.1, -0.05) is 24.3 Å². The van der Waals surface area contributed by atoms with E-state index in [9.17, 15) is 13.2 Å². The molecular formula is C20H17F3N2O. The molecule has 1 heterocycles. The van der Waals surface area contributed by atoms with Crippen LogP contribution in [0.25, 0.3) is 16.9 Å². The molecule has 0 bridgehead atoms. The zero-order valence-electron chi connectivity index (χ0n) is 14.1. The molecule has 0 aliphatic rings. The van der Waals surface area contributed by atoms with Crippen LogP contribution in [0.4, 0.5) is 13.2 Å². The number of nitrogens with zero attached hydrogens (tertiary/aromatic N) is 2. The van der Waals surface area contributed by atoms with Gasteiger partial charge in [0.15, 0.2) is 5.69 Å².